The van der Waals surface area contributed by atoms with E-state index in [1.54, 1.807) is 0 Å². The molecule has 0 aromatic carbocycles. The van der Waals surface area contributed by atoms with Gasteiger partial charge in [0.2, 0.25) is 0 Å². The summed E-state index contributed by atoms with van der Waals surface area (Å²) in [7, 11) is 1.39. The molecule has 2 N–H and O–H groups in total. The van der Waals surface area contributed by atoms with E-state index in [2.05, 4.69) is 39.1 Å². The molecule has 1 saturated heterocycles. The molecule has 24 heavy (non-hydrogen) atoms. The van der Waals surface area contributed by atoms with Crippen molar-refractivity contribution in [1.29, 1.82) is 0 Å². The number of esters is 1. The zero-order valence-electron chi connectivity index (χ0n) is 15.3. The fourth-order valence-electron chi connectivity index (χ4n) is 2.49. The van der Waals surface area contributed by atoms with Crippen molar-refractivity contribution in [3.05, 3.63) is 0 Å². The van der Waals surface area contributed by atoms with Gasteiger partial charge in [0.1, 0.15) is 0 Å². The number of aliphatic imine (C=N–C) groups is 1. The molecule has 1 heterocycles. The second-order valence-corrected chi connectivity index (χ2v) is 6.12. The van der Waals surface area contributed by atoms with E-state index in [1.165, 1.54) is 7.11 Å². The summed E-state index contributed by atoms with van der Waals surface area (Å²) in [5.74, 6) is 1.14. The van der Waals surface area contributed by atoms with E-state index in [-0.39, 0.29) is 36.0 Å². The van der Waals surface area contributed by atoms with E-state index in [4.69, 9.17) is 4.74 Å². The van der Waals surface area contributed by atoms with Gasteiger partial charge < -0.3 is 20.1 Å². The van der Waals surface area contributed by atoms with Gasteiger partial charge in [-0.3, -0.25) is 14.7 Å². The molecule has 0 radical (unpaired) electrons. The number of carbonyl (C=O) groups is 1. The summed E-state index contributed by atoms with van der Waals surface area (Å²) in [6, 6.07) is 0. The summed E-state index contributed by atoms with van der Waals surface area (Å²) < 4.78 is 10.4. The van der Waals surface area contributed by atoms with Crippen molar-refractivity contribution >= 4 is 35.9 Å². The summed E-state index contributed by atoms with van der Waals surface area (Å²) in [5, 5.41) is 6.31. The third-order valence-electron chi connectivity index (χ3n) is 3.49. The Hall–Kier alpha value is -0.610. The lowest BCUT2D eigenvalue weighted by atomic mass is 10.2. The van der Waals surface area contributed by atoms with Crippen LogP contribution in [0.15, 0.2) is 4.99 Å². The molecule has 0 aromatic heterocycles. The van der Waals surface area contributed by atoms with Crippen molar-refractivity contribution in [3.8, 4) is 0 Å². The molecule has 1 fully saturated rings. The fraction of sp³-hybridized carbons (Fsp3) is 0.875. The first-order valence-corrected chi connectivity index (χ1v) is 8.48. The Morgan fingerprint density at radius 1 is 1.42 bits per heavy atom. The summed E-state index contributed by atoms with van der Waals surface area (Å²) in [4.78, 5) is 18.1. The number of halogens is 1. The maximum absolute atomic E-state index is 11.1. The first kappa shape index (κ1) is 23.4. The molecule has 1 aliphatic heterocycles. The highest BCUT2D eigenvalue weighted by molar-refractivity contribution is 14.0. The normalized spacial score (nSPS) is 18.9. The van der Waals surface area contributed by atoms with E-state index in [1.807, 2.05) is 6.92 Å². The molecule has 0 aromatic rings. The van der Waals surface area contributed by atoms with Crippen molar-refractivity contribution in [1.82, 2.24) is 15.5 Å². The Labute approximate surface area is 162 Å². The number of morpholine rings is 1. The highest BCUT2D eigenvalue weighted by atomic mass is 127. The summed E-state index contributed by atoms with van der Waals surface area (Å²) in [6.45, 7) is 12.1. The van der Waals surface area contributed by atoms with E-state index in [0.717, 1.165) is 32.8 Å². The van der Waals surface area contributed by atoms with E-state index in [0.29, 0.717) is 31.4 Å². The minimum Gasteiger partial charge on any atom is -0.469 e. The minimum atomic E-state index is -0.228. The Morgan fingerprint density at radius 2 is 2.17 bits per heavy atom. The average molecular weight is 456 g/mol. The minimum absolute atomic E-state index is 0. The number of nitrogens with zero attached hydrogens (tertiary/aromatic N) is 2. The number of guanidine groups is 1. The Balaban J connectivity index is 0.00000529. The third kappa shape index (κ3) is 10.3. The van der Waals surface area contributed by atoms with Gasteiger partial charge in [-0.15, -0.1) is 24.0 Å². The van der Waals surface area contributed by atoms with Crippen LogP contribution in [0.4, 0.5) is 0 Å². The van der Waals surface area contributed by atoms with Crippen molar-refractivity contribution in [3.63, 3.8) is 0 Å². The predicted molar refractivity (Wildman–Crippen MR) is 107 cm³/mol. The molecule has 1 unspecified atom stereocenters. The number of ether oxygens (including phenoxy) is 2. The van der Waals surface area contributed by atoms with Crippen LogP contribution >= 0.6 is 24.0 Å². The van der Waals surface area contributed by atoms with Crippen LogP contribution in [-0.2, 0) is 14.3 Å². The van der Waals surface area contributed by atoms with Gasteiger partial charge in [0.25, 0.3) is 0 Å². The molecular formula is C16H33IN4O3. The molecule has 0 bridgehead atoms. The van der Waals surface area contributed by atoms with Crippen molar-refractivity contribution in [2.24, 2.45) is 10.9 Å². The topological polar surface area (TPSA) is 75.2 Å². The molecule has 7 nitrogen and oxygen atoms in total. The van der Waals surface area contributed by atoms with Gasteiger partial charge in [-0.2, -0.15) is 0 Å². The second-order valence-electron chi connectivity index (χ2n) is 6.12. The molecule has 0 saturated carbocycles. The maximum Gasteiger partial charge on any atom is 0.307 e. The molecule has 1 rings (SSSR count). The largest absolute Gasteiger partial charge is 0.469 e. The van der Waals surface area contributed by atoms with Crippen LogP contribution in [0.25, 0.3) is 0 Å². The lowest BCUT2D eigenvalue weighted by Crippen LogP contribution is -2.46. The average Bonchev–Trinajstić information content (AvgIpc) is 2.52. The lowest BCUT2D eigenvalue weighted by molar-refractivity contribution is -0.140. The van der Waals surface area contributed by atoms with Crippen LogP contribution in [0.5, 0.6) is 0 Å². The number of hydrogen-bond acceptors (Lipinski definition) is 5. The molecule has 0 spiro atoms. The fourth-order valence-corrected chi connectivity index (χ4v) is 2.49. The summed E-state index contributed by atoms with van der Waals surface area (Å²) in [5.41, 5.74) is 0. The van der Waals surface area contributed by atoms with Crippen LogP contribution in [0, 0.1) is 5.92 Å². The molecule has 0 amide bonds. The van der Waals surface area contributed by atoms with Gasteiger partial charge >= 0.3 is 5.97 Å². The number of carbonyl (C=O) groups excluding carboxylic acids is 1. The number of nitrogens with one attached hydrogen (secondary N) is 2. The van der Waals surface area contributed by atoms with Gasteiger partial charge in [-0.05, 0) is 12.8 Å². The van der Waals surface area contributed by atoms with Crippen LogP contribution in [0.1, 0.15) is 27.2 Å². The molecule has 1 atom stereocenters. The first-order valence-electron chi connectivity index (χ1n) is 8.48. The molecule has 1 aliphatic rings. The Bertz CT molecular complexity index is 380. The van der Waals surface area contributed by atoms with Crippen LogP contribution in [-0.4, -0.2) is 75.9 Å². The first-order chi connectivity index (χ1) is 11.0. The molecular weight excluding hydrogens is 423 g/mol. The summed E-state index contributed by atoms with van der Waals surface area (Å²) in [6.07, 6.45) is 0.446. The lowest BCUT2D eigenvalue weighted by Gasteiger charge is -2.33. The molecule has 8 heteroatoms. The Kier molecular flexibility index (Phi) is 13.3. The molecule has 0 aliphatic carbocycles. The monoisotopic (exact) mass is 456 g/mol. The zero-order valence-corrected chi connectivity index (χ0v) is 17.7. The van der Waals surface area contributed by atoms with Crippen molar-refractivity contribution < 1.29 is 14.3 Å². The van der Waals surface area contributed by atoms with Crippen LogP contribution < -0.4 is 10.6 Å². The van der Waals surface area contributed by atoms with E-state index >= 15 is 0 Å². The van der Waals surface area contributed by atoms with Gasteiger partial charge in [0.15, 0.2) is 5.96 Å². The molecule has 142 valence electrons. The van der Waals surface area contributed by atoms with E-state index < -0.39 is 0 Å². The number of hydrogen-bond donors (Lipinski definition) is 2. The Morgan fingerprint density at radius 3 is 2.79 bits per heavy atom. The highest BCUT2D eigenvalue weighted by Crippen LogP contribution is 2.08. The summed E-state index contributed by atoms with van der Waals surface area (Å²) >= 11 is 0. The SMILES string of the molecule is CCNC(=NCC1CN(CC(C)C)CCO1)NCCC(=O)OC.I. The van der Waals surface area contributed by atoms with Crippen LogP contribution in [0.3, 0.4) is 0 Å². The smallest absolute Gasteiger partial charge is 0.307 e. The predicted octanol–water partition coefficient (Wildman–Crippen LogP) is 1.08. The van der Waals surface area contributed by atoms with Crippen molar-refractivity contribution in [2.75, 3.05) is 53.0 Å². The quantitative estimate of drug-likeness (QED) is 0.247. The zero-order chi connectivity index (χ0) is 17.1. The van der Waals surface area contributed by atoms with Gasteiger partial charge in [-0.25, -0.2) is 0 Å². The maximum atomic E-state index is 11.1. The van der Waals surface area contributed by atoms with Gasteiger partial charge in [0, 0.05) is 32.7 Å². The van der Waals surface area contributed by atoms with E-state index in [9.17, 15) is 4.79 Å². The van der Waals surface area contributed by atoms with Crippen molar-refractivity contribution in [2.45, 2.75) is 33.3 Å². The van der Waals surface area contributed by atoms with Gasteiger partial charge in [-0.1, -0.05) is 13.8 Å². The third-order valence-corrected chi connectivity index (χ3v) is 3.49. The standard InChI is InChI=1S/C16H32N4O3.HI/c1-5-17-16(18-7-6-15(21)22-4)19-10-14-12-20(8-9-23-14)11-13(2)3;/h13-14H,5-12H2,1-4H3,(H2,17,18,19);1H. The number of rotatable bonds is 8. The highest BCUT2D eigenvalue weighted by Gasteiger charge is 2.20. The van der Waals surface area contributed by atoms with Crippen LogP contribution in [0.2, 0.25) is 0 Å². The second kappa shape index (κ2) is 13.7. The van der Waals surface area contributed by atoms with Gasteiger partial charge in [0.05, 0.1) is 32.8 Å². The number of methoxy groups -OCH3 is 1.